The summed E-state index contributed by atoms with van der Waals surface area (Å²) in [5.74, 6) is 0.810. The Morgan fingerprint density at radius 2 is 2.15 bits per heavy atom. The zero-order valence-corrected chi connectivity index (χ0v) is 17.3. The third kappa shape index (κ3) is 7.02. The largest absolute Gasteiger partial charge is 0.356 e. The van der Waals surface area contributed by atoms with Gasteiger partial charge in [-0.15, -0.1) is 11.3 Å². The van der Waals surface area contributed by atoms with Crippen LogP contribution in [0.25, 0.3) is 0 Å². The van der Waals surface area contributed by atoms with Gasteiger partial charge in [-0.25, -0.2) is 4.98 Å². The minimum absolute atomic E-state index is 0.0105. The lowest BCUT2D eigenvalue weighted by atomic mass is 10.1. The van der Waals surface area contributed by atoms with Gasteiger partial charge in [-0.3, -0.25) is 9.79 Å². The smallest absolute Gasteiger partial charge is 0.227 e. The van der Waals surface area contributed by atoms with Crippen molar-refractivity contribution in [1.29, 1.82) is 0 Å². The fraction of sp³-hybridized carbons (Fsp3) is 0.450. The van der Waals surface area contributed by atoms with Crippen molar-refractivity contribution in [1.82, 2.24) is 15.6 Å². The summed E-state index contributed by atoms with van der Waals surface area (Å²) in [5, 5.41) is 12.8. The van der Waals surface area contributed by atoms with E-state index in [1.165, 1.54) is 0 Å². The zero-order chi connectivity index (χ0) is 19.6. The maximum Gasteiger partial charge on any atom is 0.227 e. The van der Waals surface area contributed by atoms with Crippen LogP contribution in [0.2, 0.25) is 0 Å². The van der Waals surface area contributed by atoms with Gasteiger partial charge in [-0.1, -0.05) is 26.0 Å². The fourth-order valence-corrected chi connectivity index (χ4v) is 3.10. The summed E-state index contributed by atoms with van der Waals surface area (Å²) in [6.07, 6.45) is 1.69. The first-order chi connectivity index (χ1) is 13.0. The van der Waals surface area contributed by atoms with Gasteiger partial charge in [-0.2, -0.15) is 0 Å². The van der Waals surface area contributed by atoms with Crippen LogP contribution in [-0.2, 0) is 17.8 Å². The molecule has 0 aliphatic heterocycles. The molecule has 1 aromatic heterocycles. The number of hydrogen-bond acceptors (Lipinski definition) is 4. The van der Waals surface area contributed by atoms with Crippen molar-refractivity contribution in [2.75, 3.05) is 18.9 Å². The van der Waals surface area contributed by atoms with Crippen molar-refractivity contribution in [3.8, 4) is 0 Å². The minimum atomic E-state index is 0.0105. The van der Waals surface area contributed by atoms with E-state index >= 15 is 0 Å². The van der Waals surface area contributed by atoms with Crippen LogP contribution >= 0.6 is 11.3 Å². The molecular weight excluding hydrogens is 358 g/mol. The number of aliphatic imine (C=N–C) groups is 1. The summed E-state index contributed by atoms with van der Waals surface area (Å²) in [7, 11) is 1.76. The van der Waals surface area contributed by atoms with E-state index in [1.54, 1.807) is 18.4 Å². The molecule has 146 valence electrons. The molecule has 1 amide bonds. The number of anilines is 1. The Balaban J connectivity index is 1.81. The van der Waals surface area contributed by atoms with Crippen molar-refractivity contribution >= 4 is 28.9 Å². The van der Waals surface area contributed by atoms with Gasteiger partial charge in [0, 0.05) is 43.5 Å². The Morgan fingerprint density at radius 3 is 2.81 bits per heavy atom. The second kappa shape index (κ2) is 10.7. The van der Waals surface area contributed by atoms with Crippen LogP contribution in [0.3, 0.4) is 0 Å². The van der Waals surface area contributed by atoms with Crippen LogP contribution in [0.4, 0.5) is 5.69 Å². The summed E-state index contributed by atoms with van der Waals surface area (Å²) in [4.78, 5) is 20.8. The third-order valence-electron chi connectivity index (χ3n) is 4.28. The molecular formula is C20H29N5OS. The lowest BCUT2D eigenvalue weighted by molar-refractivity contribution is -0.119. The number of thiazole rings is 1. The molecule has 2 aromatic rings. The average molecular weight is 388 g/mol. The molecule has 0 saturated carbocycles. The molecule has 6 nitrogen and oxygen atoms in total. The number of carbonyl (C=O) groups is 1. The van der Waals surface area contributed by atoms with Crippen LogP contribution < -0.4 is 16.0 Å². The van der Waals surface area contributed by atoms with Crippen molar-refractivity contribution < 1.29 is 4.79 Å². The van der Waals surface area contributed by atoms with E-state index in [2.05, 4.69) is 31.3 Å². The summed E-state index contributed by atoms with van der Waals surface area (Å²) < 4.78 is 0. The molecule has 7 heteroatoms. The second-order valence-corrected chi connectivity index (χ2v) is 7.52. The highest BCUT2D eigenvalue weighted by molar-refractivity contribution is 7.09. The van der Waals surface area contributed by atoms with Crippen LogP contribution in [0.1, 0.15) is 36.5 Å². The number of amides is 1. The first-order valence-corrected chi connectivity index (χ1v) is 10.1. The molecule has 1 unspecified atom stereocenters. The van der Waals surface area contributed by atoms with E-state index < -0.39 is 0 Å². The van der Waals surface area contributed by atoms with E-state index in [9.17, 15) is 4.79 Å². The van der Waals surface area contributed by atoms with Crippen molar-refractivity contribution in [3.63, 3.8) is 0 Å². The fourth-order valence-electron chi connectivity index (χ4n) is 2.45. The molecule has 0 saturated heterocycles. The highest BCUT2D eigenvalue weighted by atomic mass is 32.1. The highest BCUT2D eigenvalue weighted by Gasteiger charge is 2.10. The number of aryl methyl sites for hydroxylation is 1. The van der Waals surface area contributed by atoms with E-state index in [1.807, 2.05) is 45.0 Å². The second-order valence-electron chi connectivity index (χ2n) is 6.46. The Kier molecular flexibility index (Phi) is 8.26. The van der Waals surface area contributed by atoms with Gasteiger partial charge in [0.15, 0.2) is 5.96 Å². The van der Waals surface area contributed by atoms with Gasteiger partial charge in [-0.05, 0) is 31.0 Å². The minimum Gasteiger partial charge on any atom is -0.356 e. The van der Waals surface area contributed by atoms with E-state index in [0.717, 1.165) is 47.3 Å². The molecule has 0 aliphatic rings. The molecule has 3 N–H and O–H groups in total. The monoisotopic (exact) mass is 387 g/mol. The first-order valence-electron chi connectivity index (χ1n) is 9.27. The Labute approximate surface area is 165 Å². The van der Waals surface area contributed by atoms with E-state index in [-0.39, 0.29) is 11.8 Å². The number of rotatable bonds is 8. The Bertz CT molecular complexity index is 771. The number of nitrogens with one attached hydrogen (secondary N) is 3. The topological polar surface area (TPSA) is 78.4 Å². The quantitative estimate of drug-likeness (QED) is 0.479. The molecule has 2 rings (SSSR count). The van der Waals surface area contributed by atoms with Crippen LogP contribution in [-0.4, -0.2) is 30.4 Å². The molecule has 0 spiro atoms. The summed E-state index contributed by atoms with van der Waals surface area (Å²) in [5.41, 5.74) is 3.00. The molecule has 1 aromatic carbocycles. The van der Waals surface area contributed by atoms with Crippen molar-refractivity contribution in [2.24, 2.45) is 10.9 Å². The zero-order valence-electron chi connectivity index (χ0n) is 16.5. The van der Waals surface area contributed by atoms with Gasteiger partial charge >= 0.3 is 0 Å². The van der Waals surface area contributed by atoms with E-state index in [0.29, 0.717) is 6.54 Å². The maximum absolute atomic E-state index is 12.0. The summed E-state index contributed by atoms with van der Waals surface area (Å²) >= 11 is 1.67. The van der Waals surface area contributed by atoms with Crippen molar-refractivity contribution in [3.05, 3.63) is 45.9 Å². The SMILES string of the molecule is CCC(C)C(=O)Nc1cccc(CNC(=NC)NCCc2csc(C)n2)c1. The molecule has 0 bridgehead atoms. The Hall–Kier alpha value is -2.41. The lowest BCUT2D eigenvalue weighted by Gasteiger charge is -2.13. The van der Waals surface area contributed by atoms with Crippen LogP contribution in [0, 0.1) is 12.8 Å². The van der Waals surface area contributed by atoms with Crippen molar-refractivity contribution in [2.45, 2.75) is 40.2 Å². The predicted octanol–water partition coefficient (Wildman–Crippen LogP) is 3.34. The lowest BCUT2D eigenvalue weighted by Crippen LogP contribution is -2.37. The number of guanidine groups is 1. The van der Waals surface area contributed by atoms with E-state index in [4.69, 9.17) is 0 Å². The molecule has 27 heavy (non-hydrogen) atoms. The number of benzene rings is 1. The van der Waals surface area contributed by atoms with Crippen LogP contribution in [0.5, 0.6) is 0 Å². The number of hydrogen-bond donors (Lipinski definition) is 3. The predicted molar refractivity (Wildman–Crippen MR) is 113 cm³/mol. The molecule has 0 radical (unpaired) electrons. The standard InChI is InChI=1S/C20H29N5OS/c1-5-14(2)19(26)25-17-8-6-7-16(11-17)12-23-20(21-4)22-10-9-18-13-27-15(3)24-18/h6-8,11,13-14H,5,9-10,12H2,1-4H3,(H,25,26)(H2,21,22,23). The molecule has 0 aliphatic carbocycles. The summed E-state index contributed by atoms with van der Waals surface area (Å²) in [6, 6.07) is 7.87. The van der Waals surface area contributed by atoms with Gasteiger partial charge in [0.1, 0.15) is 0 Å². The van der Waals surface area contributed by atoms with Gasteiger partial charge in [0.05, 0.1) is 10.7 Å². The Morgan fingerprint density at radius 1 is 1.33 bits per heavy atom. The summed E-state index contributed by atoms with van der Waals surface area (Å²) in [6.45, 7) is 7.36. The number of carbonyl (C=O) groups excluding carboxylic acids is 1. The van der Waals surface area contributed by atoms with Crippen LogP contribution in [0.15, 0.2) is 34.6 Å². The third-order valence-corrected chi connectivity index (χ3v) is 5.10. The first kappa shape index (κ1) is 20.9. The normalized spacial score (nSPS) is 12.5. The highest BCUT2D eigenvalue weighted by Crippen LogP contribution is 2.13. The van der Waals surface area contributed by atoms with Gasteiger partial charge in [0.25, 0.3) is 0 Å². The maximum atomic E-state index is 12.0. The van der Waals surface area contributed by atoms with Gasteiger partial charge in [0.2, 0.25) is 5.91 Å². The average Bonchev–Trinajstić information content (AvgIpc) is 3.09. The molecule has 1 heterocycles. The number of aromatic nitrogens is 1. The molecule has 1 atom stereocenters. The molecule has 0 fully saturated rings. The van der Waals surface area contributed by atoms with Gasteiger partial charge < -0.3 is 16.0 Å². The number of nitrogens with zero attached hydrogens (tertiary/aromatic N) is 2.